The SMILES string of the molecule is C[N+](C)(C)C[C@](CC(=O)O)(O[N+](=O)[O-])[P+](=O)[O-]. The molecule has 0 aromatic carbocycles. The summed E-state index contributed by atoms with van der Waals surface area (Å²) in [5.74, 6) is -1.49. The summed E-state index contributed by atoms with van der Waals surface area (Å²) in [5.41, 5.74) is 0. The van der Waals surface area contributed by atoms with Crippen molar-refractivity contribution >= 4 is 14.0 Å². The van der Waals surface area contributed by atoms with E-state index < -0.39 is 30.8 Å². The molecule has 98 valence electrons. The van der Waals surface area contributed by atoms with Crippen LogP contribution in [0.4, 0.5) is 0 Å². The molecule has 0 fully saturated rings. The van der Waals surface area contributed by atoms with E-state index >= 15 is 0 Å². The van der Waals surface area contributed by atoms with Crippen LogP contribution in [0, 0.1) is 10.1 Å². The van der Waals surface area contributed by atoms with Gasteiger partial charge in [0.15, 0.2) is 6.54 Å². The Labute approximate surface area is 98.2 Å². The predicted molar refractivity (Wildman–Crippen MR) is 53.6 cm³/mol. The third-order valence-corrected chi connectivity index (χ3v) is 2.77. The quantitative estimate of drug-likeness (QED) is 0.276. The second kappa shape index (κ2) is 5.35. The summed E-state index contributed by atoms with van der Waals surface area (Å²) in [6.07, 6.45) is -0.984. The second-order valence-electron chi connectivity index (χ2n) is 4.54. The molecule has 10 heteroatoms. The molecule has 1 N–H and O–H groups in total. The van der Waals surface area contributed by atoms with Crippen LogP contribution in [0.3, 0.4) is 0 Å². The van der Waals surface area contributed by atoms with E-state index in [4.69, 9.17) is 5.11 Å². The van der Waals surface area contributed by atoms with E-state index in [1.54, 1.807) is 21.1 Å². The molecule has 0 aromatic rings. The highest BCUT2D eigenvalue weighted by Crippen LogP contribution is 2.38. The van der Waals surface area contributed by atoms with Crippen LogP contribution in [-0.2, 0) is 14.2 Å². The number of carbonyl (C=O) groups is 1. The fourth-order valence-corrected chi connectivity index (χ4v) is 2.33. The Kier molecular flexibility index (Phi) is 4.94. The molecule has 0 aliphatic rings. The van der Waals surface area contributed by atoms with Crippen LogP contribution >= 0.6 is 8.03 Å². The van der Waals surface area contributed by atoms with Crippen molar-refractivity contribution in [3.8, 4) is 0 Å². The molecule has 0 spiro atoms. The van der Waals surface area contributed by atoms with Gasteiger partial charge in [-0.1, -0.05) is 4.57 Å². The zero-order valence-corrected chi connectivity index (χ0v) is 10.5. The van der Waals surface area contributed by atoms with Gasteiger partial charge in [-0.25, -0.2) is 4.84 Å². The lowest BCUT2D eigenvalue weighted by Crippen LogP contribution is -2.51. The molecular formula is C7H14N2O7P+. The first kappa shape index (κ1) is 15.7. The molecule has 2 atom stereocenters. The lowest BCUT2D eigenvalue weighted by atomic mass is 10.2. The minimum Gasteiger partial charge on any atom is -0.593 e. The van der Waals surface area contributed by atoms with Crippen molar-refractivity contribution in [1.29, 1.82) is 0 Å². The summed E-state index contributed by atoms with van der Waals surface area (Å²) < 4.78 is 11.1. The highest BCUT2D eigenvalue weighted by atomic mass is 31.1. The average molecular weight is 269 g/mol. The summed E-state index contributed by atoms with van der Waals surface area (Å²) in [6, 6.07) is 0. The van der Waals surface area contributed by atoms with E-state index in [1.807, 2.05) is 0 Å². The van der Waals surface area contributed by atoms with Gasteiger partial charge < -0.3 is 14.5 Å². The van der Waals surface area contributed by atoms with E-state index in [1.165, 1.54) is 0 Å². The van der Waals surface area contributed by atoms with Crippen LogP contribution in [0.25, 0.3) is 0 Å². The second-order valence-corrected chi connectivity index (χ2v) is 5.87. The number of aliphatic carboxylic acids is 1. The van der Waals surface area contributed by atoms with E-state index in [0.29, 0.717) is 0 Å². The van der Waals surface area contributed by atoms with Crippen molar-refractivity contribution in [2.45, 2.75) is 11.8 Å². The Morgan fingerprint density at radius 1 is 1.53 bits per heavy atom. The molecule has 0 amide bonds. The monoisotopic (exact) mass is 269 g/mol. The summed E-state index contributed by atoms with van der Waals surface area (Å²) in [6.45, 7) is -0.348. The van der Waals surface area contributed by atoms with Crippen LogP contribution in [0.15, 0.2) is 0 Å². The van der Waals surface area contributed by atoms with Gasteiger partial charge in [0.2, 0.25) is 0 Å². The van der Waals surface area contributed by atoms with E-state index in [0.717, 1.165) is 0 Å². The van der Waals surface area contributed by atoms with Gasteiger partial charge in [0, 0.05) is 0 Å². The Morgan fingerprint density at radius 2 is 2.00 bits per heavy atom. The maximum Gasteiger partial charge on any atom is 0.362 e. The molecule has 0 aromatic heterocycles. The fourth-order valence-electron chi connectivity index (χ4n) is 1.39. The van der Waals surface area contributed by atoms with Crippen LogP contribution in [0.2, 0.25) is 0 Å². The maximum absolute atomic E-state index is 11.1. The van der Waals surface area contributed by atoms with Crippen molar-refractivity contribution in [3.05, 3.63) is 10.1 Å². The molecular weight excluding hydrogens is 255 g/mol. The van der Waals surface area contributed by atoms with Gasteiger partial charge in [0.1, 0.15) is 6.42 Å². The van der Waals surface area contributed by atoms with Gasteiger partial charge in [-0.05, 0) is 0 Å². The number of hydrogen-bond donors (Lipinski definition) is 1. The molecule has 0 aliphatic heterocycles. The Balaban J connectivity index is 5.31. The number of likely N-dealkylation sites (N-methyl/N-ethyl adjacent to an activating group) is 1. The van der Waals surface area contributed by atoms with Gasteiger partial charge in [-0.15, -0.1) is 10.1 Å². The number of quaternary nitrogens is 1. The first-order valence-corrected chi connectivity index (χ1v) is 5.66. The predicted octanol–water partition coefficient (Wildman–Crippen LogP) is -0.825. The van der Waals surface area contributed by atoms with Crippen molar-refractivity contribution < 1.29 is 33.8 Å². The summed E-state index contributed by atoms with van der Waals surface area (Å²) in [5, 5.41) is 15.3. The molecule has 0 radical (unpaired) electrons. The van der Waals surface area contributed by atoms with Crippen LogP contribution in [0.1, 0.15) is 6.42 Å². The number of carboxylic acids is 1. The molecule has 0 rings (SSSR count). The van der Waals surface area contributed by atoms with E-state index in [2.05, 4.69) is 4.84 Å². The highest BCUT2D eigenvalue weighted by molar-refractivity contribution is 7.38. The van der Waals surface area contributed by atoms with Crippen LogP contribution < -0.4 is 4.89 Å². The van der Waals surface area contributed by atoms with E-state index in [-0.39, 0.29) is 11.0 Å². The molecule has 9 nitrogen and oxygen atoms in total. The summed E-state index contributed by atoms with van der Waals surface area (Å²) in [4.78, 5) is 36.1. The first-order valence-electron chi connectivity index (χ1n) is 4.49. The van der Waals surface area contributed by atoms with Crippen molar-refractivity contribution in [2.24, 2.45) is 0 Å². The first-order chi connectivity index (χ1) is 7.48. The van der Waals surface area contributed by atoms with Gasteiger partial charge in [0.25, 0.3) is 5.09 Å². The van der Waals surface area contributed by atoms with E-state index in [9.17, 15) is 24.4 Å². The van der Waals surface area contributed by atoms with Crippen molar-refractivity contribution in [2.75, 3.05) is 27.7 Å². The number of carboxylic acid groups (broad SMARTS) is 1. The smallest absolute Gasteiger partial charge is 0.362 e. The topological polar surface area (TPSA) is 130 Å². The molecule has 1 unspecified atom stereocenters. The minimum absolute atomic E-state index is 0.00440. The molecule has 0 heterocycles. The molecule has 0 saturated heterocycles. The number of hydrogen-bond acceptors (Lipinski definition) is 6. The van der Waals surface area contributed by atoms with Crippen LogP contribution in [-0.4, -0.2) is 53.7 Å². The number of nitrogens with zero attached hydrogens (tertiary/aromatic N) is 2. The average Bonchev–Trinajstić information content (AvgIpc) is 1.96. The van der Waals surface area contributed by atoms with Crippen LogP contribution in [0.5, 0.6) is 0 Å². The lowest BCUT2D eigenvalue weighted by molar-refractivity contribution is -0.888. The maximum atomic E-state index is 11.1. The zero-order valence-electron chi connectivity index (χ0n) is 9.65. The molecule has 17 heavy (non-hydrogen) atoms. The summed E-state index contributed by atoms with van der Waals surface area (Å²) in [7, 11) is 1.27. The fraction of sp³-hybridized carbons (Fsp3) is 0.857. The zero-order chi connectivity index (χ0) is 13.9. The van der Waals surface area contributed by atoms with Gasteiger partial charge in [-0.2, -0.15) is 0 Å². The van der Waals surface area contributed by atoms with Gasteiger partial charge >= 0.3 is 19.3 Å². The van der Waals surface area contributed by atoms with Crippen molar-refractivity contribution in [1.82, 2.24) is 0 Å². The largest absolute Gasteiger partial charge is 0.593 e. The molecule has 0 aliphatic carbocycles. The van der Waals surface area contributed by atoms with Gasteiger partial charge in [0.05, 0.1) is 21.1 Å². The summed E-state index contributed by atoms with van der Waals surface area (Å²) >= 11 is 0. The Morgan fingerprint density at radius 3 is 2.24 bits per heavy atom. The normalized spacial score (nSPS) is 15.9. The Bertz CT molecular complexity index is 322. The van der Waals surface area contributed by atoms with Crippen molar-refractivity contribution in [3.63, 3.8) is 0 Å². The highest BCUT2D eigenvalue weighted by Gasteiger charge is 2.54. The third-order valence-electron chi connectivity index (χ3n) is 1.73. The standard InChI is InChI=1S/C7H13N2O7P/c1-9(2,3)5-7(17(14)15,4-6(10)11)16-8(12)13/h4-5H2,1-3H3/p+1/t7-/m1/s1. The Hall–Kier alpha value is -1.31. The lowest BCUT2D eigenvalue weighted by Gasteiger charge is -2.30. The minimum atomic E-state index is -3.44. The number of rotatable bonds is 7. The molecule has 0 bridgehead atoms. The molecule has 0 saturated carbocycles. The van der Waals surface area contributed by atoms with Gasteiger partial charge in [-0.3, -0.25) is 4.79 Å². The third kappa shape index (κ3) is 5.53.